The second kappa shape index (κ2) is 8.04. The molecule has 1 aromatic rings. The second-order valence-corrected chi connectivity index (χ2v) is 7.14. The van der Waals surface area contributed by atoms with E-state index >= 15 is 0 Å². The van der Waals surface area contributed by atoms with Crippen molar-refractivity contribution in [1.29, 1.82) is 0 Å². The SMILES string of the molecule is O=C1CCCC(=O)N1CCS(=O)(=O)NCC#Cc1ccccc1F. The van der Waals surface area contributed by atoms with Gasteiger partial charge in [0.15, 0.2) is 0 Å². The Labute approximate surface area is 140 Å². The van der Waals surface area contributed by atoms with Crippen LogP contribution in [-0.2, 0) is 19.6 Å². The van der Waals surface area contributed by atoms with Gasteiger partial charge in [-0.2, -0.15) is 0 Å². The van der Waals surface area contributed by atoms with Gasteiger partial charge < -0.3 is 0 Å². The standard InChI is InChI=1S/C16H17FN2O4S/c17-14-7-2-1-5-13(14)6-4-10-18-24(22,23)12-11-19-15(20)8-3-9-16(19)21/h1-2,5,7,18H,3,8-12H2. The van der Waals surface area contributed by atoms with Crippen LogP contribution in [0.5, 0.6) is 0 Å². The highest BCUT2D eigenvalue weighted by atomic mass is 32.2. The fourth-order valence-corrected chi connectivity index (χ4v) is 3.04. The Morgan fingerprint density at radius 1 is 1.17 bits per heavy atom. The molecule has 0 unspecified atom stereocenters. The molecule has 8 heteroatoms. The van der Waals surface area contributed by atoms with Gasteiger partial charge in [0.05, 0.1) is 17.9 Å². The van der Waals surface area contributed by atoms with Crippen LogP contribution in [0.1, 0.15) is 24.8 Å². The molecule has 128 valence electrons. The zero-order valence-electron chi connectivity index (χ0n) is 12.9. The molecule has 0 atom stereocenters. The number of sulfonamides is 1. The number of hydrogen-bond donors (Lipinski definition) is 1. The summed E-state index contributed by atoms with van der Waals surface area (Å²) in [6.45, 7) is -0.355. The van der Waals surface area contributed by atoms with Crippen LogP contribution in [0, 0.1) is 17.7 Å². The van der Waals surface area contributed by atoms with Crippen molar-refractivity contribution in [3.8, 4) is 11.8 Å². The number of halogens is 1. The van der Waals surface area contributed by atoms with E-state index in [-0.39, 0.29) is 49.1 Å². The van der Waals surface area contributed by atoms with Crippen LogP contribution in [0.2, 0.25) is 0 Å². The predicted molar refractivity (Wildman–Crippen MR) is 85.6 cm³/mol. The van der Waals surface area contributed by atoms with Crippen molar-refractivity contribution in [3.63, 3.8) is 0 Å². The van der Waals surface area contributed by atoms with Crippen LogP contribution in [0.4, 0.5) is 4.39 Å². The van der Waals surface area contributed by atoms with Gasteiger partial charge in [0.2, 0.25) is 21.8 Å². The summed E-state index contributed by atoms with van der Waals surface area (Å²) < 4.78 is 39.3. The topological polar surface area (TPSA) is 83.6 Å². The third kappa shape index (κ3) is 5.15. The van der Waals surface area contributed by atoms with Crippen molar-refractivity contribution in [2.24, 2.45) is 0 Å². The summed E-state index contributed by atoms with van der Waals surface area (Å²) in [4.78, 5) is 24.2. The molecular formula is C16H17FN2O4S. The first-order chi connectivity index (χ1) is 11.4. The lowest BCUT2D eigenvalue weighted by molar-refractivity contribution is -0.147. The number of hydrogen-bond acceptors (Lipinski definition) is 4. The predicted octanol–water partition coefficient (Wildman–Crippen LogP) is 0.636. The number of benzene rings is 1. The zero-order valence-corrected chi connectivity index (χ0v) is 13.7. The van der Waals surface area contributed by atoms with Gasteiger partial charge in [-0.25, -0.2) is 17.5 Å². The van der Waals surface area contributed by atoms with E-state index in [9.17, 15) is 22.4 Å². The molecular weight excluding hydrogens is 335 g/mol. The molecule has 2 amide bonds. The van der Waals surface area contributed by atoms with Crippen LogP contribution >= 0.6 is 0 Å². The minimum Gasteiger partial charge on any atom is -0.282 e. The maximum Gasteiger partial charge on any atom is 0.229 e. The summed E-state index contributed by atoms with van der Waals surface area (Å²) in [5.41, 5.74) is 0.182. The number of likely N-dealkylation sites (tertiary alicyclic amines) is 1. The Balaban J connectivity index is 1.85. The summed E-state index contributed by atoms with van der Waals surface area (Å²) in [6.07, 6.45) is 1.02. The van der Waals surface area contributed by atoms with Crippen molar-refractivity contribution < 1.29 is 22.4 Å². The van der Waals surface area contributed by atoms with E-state index in [0.29, 0.717) is 6.42 Å². The van der Waals surface area contributed by atoms with E-state index in [1.54, 1.807) is 6.07 Å². The van der Waals surface area contributed by atoms with Gasteiger partial charge >= 0.3 is 0 Å². The molecule has 0 bridgehead atoms. The Kier molecular flexibility index (Phi) is 6.06. The van der Waals surface area contributed by atoms with Crippen LogP contribution < -0.4 is 4.72 Å². The van der Waals surface area contributed by atoms with Gasteiger partial charge in [0, 0.05) is 19.4 Å². The van der Waals surface area contributed by atoms with E-state index in [2.05, 4.69) is 16.6 Å². The average Bonchev–Trinajstić information content (AvgIpc) is 2.52. The van der Waals surface area contributed by atoms with Crippen molar-refractivity contribution in [3.05, 3.63) is 35.6 Å². The lowest BCUT2D eigenvalue weighted by Gasteiger charge is -2.24. The first kappa shape index (κ1) is 18.1. The Morgan fingerprint density at radius 2 is 1.83 bits per heavy atom. The van der Waals surface area contributed by atoms with E-state index in [4.69, 9.17) is 0 Å². The Hall–Kier alpha value is -2.24. The average molecular weight is 352 g/mol. The highest BCUT2D eigenvalue weighted by Gasteiger charge is 2.26. The smallest absolute Gasteiger partial charge is 0.229 e. The molecule has 1 aromatic carbocycles. The normalized spacial score (nSPS) is 15.1. The number of carbonyl (C=O) groups is 2. The van der Waals surface area contributed by atoms with Crippen LogP contribution in [-0.4, -0.2) is 44.0 Å². The molecule has 1 N–H and O–H groups in total. The van der Waals surface area contributed by atoms with Crippen LogP contribution in [0.15, 0.2) is 24.3 Å². The molecule has 24 heavy (non-hydrogen) atoms. The molecule has 1 saturated heterocycles. The summed E-state index contributed by atoms with van der Waals surface area (Å²) in [5, 5.41) is 0. The van der Waals surface area contributed by atoms with Gasteiger partial charge in [-0.1, -0.05) is 24.0 Å². The number of nitrogens with one attached hydrogen (secondary N) is 1. The molecule has 2 rings (SSSR count). The summed E-state index contributed by atoms with van der Waals surface area (Å²) in [7, 11) is -3.68. The molecule has 0 spiro atoms. The molecule has 6 nitrogen and oxygen atoms in total. The summed E-state index contributed by atoms with van der Waals surface area (Å²) in [5.74, 6) is 3.51. The molecule has 0 aliphatic carbocycles. The van der Waals surface area contributed by atoms with E-state index in [1.165, 1.54) is 18.2 Å². The van der Waals surface area contributed by atoms with Crippen molar-refractivity contribution >= 4 is 21.8 Å². The fourth-order valence-electron chi connectivity index (χ4n) is 2.18. The van der Waals surface area contributed by atoms with Gasteiger partial charge in [0.1, 0.15) is 5.82 Å². The molecule has 0 aromatic heterocycles. The van der Waals surface area contributed by atoms with Gasteiger partial charge in [-0.15, -0.1) is 0 Å². The van der Waals surface area contributed by atoms with E-state index < -0.39 is 15.8 Å². The minimum absolute atomic E-state index is 0.173. The lowest BCUT2D eigenvalue weighted by Crippen LogP contribution is -2.44. The number of amides is 2. The van der Waals surface area contributed by atoms with Crippen molar-refractivity contribution in [1.82, 2.24) is 9.62 Å². The molecule has 0 saturated carbocycles. The molecule has 1 heterocycles. The Bertz CT molecular complexity index is 780. The molecule has 1 aliphatic heterocycles. The lowest BCUT2D eigenvalue weighted by atomic mass is 10.1. The van der Waals surface area contributed by atoms with Gasteiger partial charge in [-0.05, 0) is 18.6 Å². The van der Waals surface area contributed by atoms with Gasteiger partial charge in [-0.3, -0.25) is 14.5 Å². The maximum atomic E-state index is 13.3. The van der Waals surface area contributed by atoms with E-state index in [1.807, 2.05) is 0 Å². The molecule has 1 fully saturated rings. The highest BCUT2D eigenvalue weighted by Crippen LogP contribution is 2.11. The third-order valence-corrected chi connectivity index (χ3v) is 4.75. The quantitative estimate of drug-likeness (QED) is 0.623. The fraction of sp³-hybridized carbons (Fsp3) is 0.375. The van der Waals surface area contributed by atoms with E-state index in [0.717, 1.165) is 4.90 Å². The number of piperidine rings is 1. The first-order valence-electron chi connectivity index (χ1n) is 7.43. The number of rotatable bonds is 5. The van der Waals surface area contributed by atoms with Crippen LogP contribution in [0.3, 0.4) is 0 Å². The van der Waals surface area contributed by atoms with Crippen molar-refractivity contribution in [2.75, 3.05) is 18.8 Å². The first-order valence-corrected chi connectivity index (χ1v) is 9.08. The zero-order chi connectivity index (χ0) is 17.6. The number of nitrogens with zero attached hydrogens (tertiary/aromatic N) is 1. The molecule has 0 radical (unpaired) electrons. The van der Waals surface area contributed by atoms with Crippen molar-refractivity contribution in [2.45, 2.75) is 19.3 Å². The number of carbonyl (C=O) groups excluding carboxylic acids is 2. The monoisotopic (exact) mass is 352 g/mol. The Morgan fingerprint density at radius 3 is 2.50 bits per heavy atom. The number of imide groups is 1. The van der Waals surface area contributed by atoms with Crippen LogP contribution in [0.25, 0.3) is 0 Å². The highest BCUT2D eigenvalue weighted by molar-refractivity contribution is 7.89. The largest absolute Gasteiger partial charge is 0.282 e. The maximum absolute atomic E-state index is 13.3. The second-order valence-electron chi connectivity index (χ2n) is 5.21. The summed E-state index contributed by atoms with van der Waals surface area (Å²) >= 11 is 0. The molecule has 1 aliphatic rings. The summed E-state index contributed by atoms with van der Waals surface area (Å²) in [6, 6.07) is 5.92. The van der Waals surface area contributed by atoms with Gasteiger partial charge in [0.25, 0.3) is 0 Å². The third-order valence-electron chi connectivity index (χ3n) is 3.44. The minimum atomic E-state index is -3.68.